The molecule has 5 heteroatoms. The first-order chi connectivity index (χ1) is 14.1. The molecule has 0 aliphatic carbocycles. The highest BCUT2D eigenvalue weighted by Gasteiger charge is 2.40. The number of anilines is 1. The van der Waals surface area contributed by atoms with Crippen molar-refractivity contribution in [2.75, 3.05) is 25.1 Å². The van der Waals surface area contributed by atoms with Crippen LogP contribution in [0.3, 0.4) is 0 Å². The van der Waals surface area contributed by atoms with E-state index in [1.807, 2.05) is 48.2 Å². The van der Waals surface area contributed by atoms with Gasteiger partial charge in [0.1, 0.15) is 5.75 Å². The van der Waals surface area contributed by atoms with Crippen molar-refractivity contribution < 1.29 is 14.3 Å². The molecule has 2 saturated heterocycles. The van der Waals surface area contributed by atoms with Gasteiger partial charge in [0.25, 0.3) is 0 Å². The summed E-state index contributed by atoms with van der Waals surface area (Å²) in [5.74, 6) is 0.806. The normalized spacial score (nSPS) is 21.7. The molecular weight excluding hydrogens is 364 g/mol. The number of likely N-dealkylation sites (tertiary alicyclic amines) is 1. The summed E-state index contributed by atoms with van der Waals surface area (Å²) in [4.78, 5) is 29.6. The van der Waals surface area contributed by atoms with Crippen molar-refractivity contribution in [1.29, 1.82) is 0 Å². The number of amides is 2. The molecule has 2 unspecified atom stereocenters. The molecule has 0 radical (unpaired) electrons. The summed E-state index contributed by atoms with van der Waals surface area (Å²) in [6.07, 6.45) is 3.19. The molecule has 5 nitrogen and oxygen atoms in total. The molecule has 2 amide bonds. The van der Waals surface area contributed by atoms with E-state index >= 15 is 0 Å². The first-order valence-corrected chi connectivity index (χ1v) is 10.4. The zero-order chi connectivity index (χ0) is 20.4. The maximum Gasteiger partial charge on any atom is 0.228 e. The minimum atomic E-state index is -0.249. The second kappa shape index (κ2) is 8.27. The van der Waals surface area contributed by atoms with Gasteiger partial charge in [0, 0.05) is 31.2 Å². The molecule has 2 heterocycles. The molecule has 0 aromatic heterocycles. The Kier molecular flexibility index (Phi) is 5.56. The largest absolute Gasteiger partial charge is 0.496 e. The predicted octanol–water partition coefficient (Wildman–Crippen LogP) is 3.59. The van der Waals surface area contributed by atoms with E-state index in [0.29, 0.717) is 13.0 Å². The second-order valence-electron chi connectivity index (χ2n) is 8.08. The quantitative estimate of drug-likeness (QED) is 0.781. The third-order valence-corrected chi connectivity index (χ3v) is 6.13. The first-order valence-electron chi connectivity index (χ1n) is 10.4. The maximum absolute atomic E-state index is 13.3. The van der Waals surface area contributed by atoms with Crippen LogP contribution >= 0.6 is 0 Å². The van der Waals surface area contributed by atoms with Gasteiger partial charge in [-0.25, -0.2) is 0 Å². The fraction of sp³-hybridized carbons (Fsp3) is 0.417. The van der Waals surface area contributed by atoms with Crippen LogP contribution in [0.25, 0.3) is 0 Å². The van der Waals surface area contributed by atoms with E-state index in [2.05, 4.69) is 12.1 Å². The molecule has 2 aliphatic heterocycles. The minimum absolute atomic E-state index is 0.0380. The molecule has 0 N–H and O–H groups in total. The SMILES string of the molecule is COc1ccc(CC2CCCN2C(=O)C2CC(=O)N(c3ccccc3)C2)cc1C. The van der Waals surface area contributed by atoms with Crippen LogP contribution in [0, 0.1) is 12.8 Å². The maximum atomic E-state index is 13.3. The van der Waals surface area contributed by atoms with Gasteiger partial charge in [-0.3, -0.25) is 9.59 Å². The monoisotopic (exact) mass is 392 g/mol. The summed E-state index contributed by atoms with van der Waals surface area (Å²) >= 11 is 0. The van der Waals surface area contributed by atoms with Crippen LogP contribution in [0.2, 0.25) is 0 Å². The lowest BCUT2D eigenvalue weighted by molar-refractivity contribution is -0.136. The van der Waals surface area contributed by atoms with Crippen molar-refractivity contribution >= 4 is 17.5 Å². The van der Waals surface area contributed by atoms with Crippen LogP contribution in [0.15, 0.2) is 48.5 Å². The lowest BCUT2D eigenvalue weighted by Gasteiger charge is -2.27. The molecule has 2 fully saturated rings. The van der Waals surface area contributed by atoms with E-state index in [1.165, 1.54) is 5.56 Å². The fourth-order valence-electron chi connectivity index (χ4n) is 4.64. The highest BCUT2D eigenvalue weighted by molar-refractivity contribution is 6.00. The number of rotatable bonds is 5. The van der Waals surface area contributed by atoms with Crippen LogP contribution in [0.4, 0.5) is 5.69 Å². The standard InChI is InChI=1S/C24H28N2O3/c1-17-13-18(10-11-22(17)29-2)14-21-9-6-12-25(21)24(28)19-15-23(27)26(16-19)20-7-4-3-5-8-20/h3-5,7-8,10-11,13,19,21H,6,9,12,14-16H2,1-2H3. The lowest BCUT2D eigenvalue weighted by Crippen LogP contribution is -2.41. The average molecular weight is 392 g/mol. The number of aryl methyl sites for hydroxylation is 1. The molecule has 2 atom stereocenters. The van der Waals surface area contributed by atoms with E-state index in [9.17, 15) is 9.59 Å². The van der Waals surface area contributed by atoms with Crippen molar-refractivity contribution in [3.8, 4) is 5.75 Å². The van der Waals surface area contributed by atoms with Crippen LogP contribution in [-0.4, -0.2) is 43.0 Å². The van der Waals surface area contributed by atoms with Crippen molar-refractivity contribution in [1.82, 2.24) is 4.90 Å². The Hall–Kier alpha value is -2.82. The smallest absolute Gasteiger partial charge is 0.228 e. The summed E-state index contributed by atoms with van der Waals surface area (Å²) < 4.78 is 5.35. The molecular formula is C24H28N2O3. The van der Waals surface area contributed by atoms with Crippen molar-refractivity contribution in [3.05, 3.63) is 59.7 Å². The van der Waals surface area contributed by atoms with Gasteiger partial charge in [-0.05, 0) is 55.5 Å². The highest BCUT2D eigenvalue weighted by atomic mass is 16.5. The number of hydrogen-bond donors (Lipinski definition) is 0. The van der Waals surface area contributed by atoms with Crippen LogP contribution in [0.5, 0.6) is 5.75 Å². The van der Waals surface area contributed by atoms with Gasteiger partial charge in [0.05, 0.1) is 13.0 Å². The molecule has 4 rings (SSSR count). The van der Waals surface area contributed by atoms with Crippen molar-refractivity contribution in [3.63, 3.8) is 0 Å². The highest BCUT2D eigenvalue weighted by Crippen LogP contribution is 2.30. The Morgan fingerprint density at radius 3 is 2.69 bits per heavy atom. The predicted molar refractivity (Wildman–Crippen MR) is 113 cm³/mol. The number of carbonyl (C=O) groups excluding carboxylic acids is 2. The van der Waals surface area contributed by atoms with E-state index in [1.54, 1.807) is 12.0 Å². The molecule has 2 aromatic carbocycles. The summed E-state index contributed by atoms with van der Waals surface area (Å²) in [7, 11) is 1.68. The number of ether oxygens (including phenoxy) is 1. The number of para-hydroxylation sites is 1. The topological polar surface area (TPSA) is 49.9 Å². The van der Waals surface area contributed by atoms with E-state index in [0.717, 1.165) is 42.8 Å². The van der Waals surface area contributed by atoms with Crippen molar-refractivity contribution in [2.24, 2.45) is 5.92 Å². The van der Waals surface area contributed by atoms with Crippen LogP contribution < -0.4 is 9.64 Å². The summed E-state index contributed by atoms with van der Waals surface area (Å²) in [6.45, 7) is 3.31. The van der Waals surface area contributed by atoms with E-state index in [4.69, 9.17) is 4.74 Å². The summed E-state index contributed by atoms with van der Waals surface area (Å²) in [6, 6.07) is 16.1. The third-order valence-electron chi connectivity index (χ3n) is 6.13. The van der Waals surface area contributed by atoms with Gasteiger partial charge in [-0.15, -0.1) is 0 Å². The Labute approximate surface area is 172 Å². The molecule has 0 spiro atoms. The molecule has 2 aliphatic rings. The van der Waals surface area contributed by atoms with Gasteiger partial charge in [0.2, 0.25) is 11.8 Å². The first kappa shape index (κ1) is 19.5. The Morgan fingerprint density at radius 1 is 1.17 bits per heavy atom. The summed E-state index contributed by atoms with van der Waals surface area (Å²) in [5.41, 5.74) is 3.21. The van der Waals surface area contributed by atoms with E-state index < -0.39 is 0 Å². The van der Waals surface area contributed by atoms with E-state index in [-0.39, 0.29) is 23.8 Å². The minimum Gasteiger partial charge on any atom is -0.496 e. The Balaban J connectivity index is 1.44. The van der Waals surface area contributed by atoms with Crippen LogP contribution in [-0.2, 0) is 16.0 Å². The number of hydrogen-bond acceptors (Lipinski definition) is 3. The number of benzene rings is 2. The lowest BCUT2D eigenvalue weighted by atomic mass is 10.00. The number of methoxy groups -OCH3 is 1. The Morgan fingerprint density at radius 2 is 1.97 bits per heavy atom. The number of carbonyl (C=O) groups is 2. The van der Waals surface area contributed by atoms with Gasteiger partial charge in [0.15, 0.2) is 0 Å². The molecule has 0 saturated carbocycles. The zero-order valence-electron chi connectivity index (χ0n) is 17.1. The summed E-state index contributed by atoms with van der Waals surface area (Å²) in [5, 5.41) is 0. The fourth-order valence-corrected chi connectivity index (χ4v) is 4.64. The molecule has 29 heavy (non-hydrogen) atoms. The van der Waals surface area contributed by atoms with Crippen molar-refractivity contribution in [2.45, 2.75) is 38.6 Å². The van der Waals surface area contributed by atoms with Gasteiger partial charge < -0.3 is 14.5 Å². The second-order valence-corrected chi connectivity index (χ2v) is 8.08. The number of nitrogens with zero attached hydrogens (tertiary/aromatic N) is 2. The molecule has 0 bridgehead atoms. The molecule has 152 valence electrons. The van der Waals surface area contributed by atoms with Gasteiger partial charge >= 0.3 is 0 Å². The van der Waals surface area contributed by atoms with Gasteiger partial charge in [-0.2, -0.15) is 0 Å². The zero-order valence-corrected chi connectivity index (χ0v) is 17.1. The van der Waals surface area contributed by atoms with Crippen LogP contribution in [0.1, 0.15) is 30.4 Å². The average Bonchev–Trinajstić information content (AvgIpc) is 3.35. The molecule has 2 aromatic rings. The van der Waals surface area contributed by atoms with Gasteiger partial charge in [-0.1, -0.05) is 30.3 Å². The third kappa shape index (κ3) is 4.00. The Bertz CT molecular complexity index is 896.